The van der Waals surface area contributed by atoms with Crippen LogP contribution >= 0.6 is 0 Å². The lowest BCUT2D eigenvalue weighted by Crippen LogP contribution is -2.41. The molecule has 1 N–H and O–H groups in total. The molecular weight excluding hydrogens is 242 g/mol. The first-order chi connectivity index (χ1) is 8.40. The molecule has 0 spiro atoms. The van der Waals surface area contributed by atoms with Crippen LogP contribution in [0.25, 0.3) is 0 Å². The largest absolute Gasteiger partial charge is 0.598 e. The highest BCUT2D eigenvalue weighted by atomic mass is 32.2. The monoisotopic (exact) mass is 267 g/mol. The Labute approximate surface area is 114 Å². The van der Waals surface area contributed by atoms with E-state index < -0.39 is 11.4 Å². The summed E-state index contributed by atoms with van der Waals surface area (Å²) in [7, 11) is 0. The summed E-state index contributed by atoms with van der Waals surface area (Å²) in [5.41, 5.74) is 2.61. The van der Waals surface area contributed by atoms with Gasteiger partial charge in [0.2, 0.25) is 0 Å². The number of nitrogens with one attached hydrogen (secondary N) is 1. The molecule has 0 aliphatic rings. The Kier molecular flexibility index (Phi) is 5.70. The third-order valence-electron chi connectivity index (χ3n) is 3.03. The van der Waals surface area contributed by atoms with Crippen LogP contribution in [0.2, 0.25) is 0 Å². The zero-order valence-corrected chi connectivity index (χ0v) is 12.9. The fourth-order valence-electron chi connectivity index (χ4n) is 1.87. The summed E-state index contributed by atoms with van der Waals surface area (Å²) in [5.74, 6) is 0. The van der Waals surface area contributed by atoms with E-state index >= 15 is 0 Å². The fourth-order valence-corrected chi connectivity index (χ4v) is 2.77. The maximum atomic E-state index is 12.2. The van der Waals surface area contributed by atoms with Crippen molar-refractivity contribution in [2.24, 2.45) is 0 Å². The van der Waals surface area contributed by atoms with Gasteiger partial charge in [-0.15, -0.1) is 4.72 Å². The Morgan fingerprint density at radius 1 is 1.22 bits per heavy atom. The van der Waals surface area contributed by atoms with Crippen molar-refractivity contribution in [1.29, 1.82) is 0 Å². The van der Waals surface area contributed by atoms with Crippen molar-refractivity contribution in [3.05, 3.63) is 35.4 Å². The van der Waals surface area contributed by atoms with Crippen molar-refractivity contribution in [3.63, 3.8) is 0 Å². The van der Waals surface area contributed by atoms with Crippen LogP contribution in [0.4, 0.5) is 0 Å². The third-order valence-corrected chi connectivity index (χ3v) is 4.64. The fraction of sp³-hybridized carbons (Fsp3) is 0.600. The van der Waals surface area contributed by atoms with Gasteiger partial charge in [-0.3, -0.25) is 0 Å². The zero-order chi connectivity index (χ0) is 13.8. The molecule has 1 aromatic carbocycles. The standard InChI is InChI=1S/C15H25NOS/c1-6-12-10-8-9-11-13(12)14(7-2)16-18(17)15(3,4)5/h8-11,14,16H,6-7H2,1-5H3/t14-,18?/m0/s1. The summed E-state index contributed by atoms with van der Waals surface area (Å²) in [5, 5.41) is 0. The van der Waals surface area contributed by atoms with Crippen LogP contribution in [0.1, 0.15) is 58.2 Å². The van der Waals surface area contributed by atoms with Gasteiger partial charge in [0, 0.05) is 11.4 Å². The minimum absolute atomic E-state index is 0.168. The van der Waals surface area contributed by atoms with Crippen LogP contribution in [0.3, 0.4) is 0 Å². The van der Waals surface area contributed by atoms with E-state index in [0.717, 1.165) is 12.8 Å². The highest BCUT2D eigenvalue weighted by Gasteiger charge is 2.29. The molecular formula is C15H25NOS. The average molecular weight is 267 g/mol. The van der Waals surface area contributed by atoms with E-state index in [2.05, 4.69) is 42.8 Å². The van der Waals surface area contributed by atoms with Crippen LogP contribution in [-0.4, -0.2) is 9.30 Å². The van der Waals surface area contributed by atoms with Gasteiger partial charge >= 0.3 is 0 Å². The van der Waals surface area contributed by atoms with Crippen LogP contribution in [0.15, 0.2) is 24.3 Å². The molecule has 0 bridgehead atoms. The Hall–Kier alpha value is -0.510. The zero-order valence-electron chi connectivity index (χ0n) is 12.1. The van der Waals surface area contributed by atoms with Gasteiger partial charge in [0.05, 0.1) is 6.04 Å². The normalized spacial score (nSPS) is 15.4. The minimum Gasteiger partial charge on any atom is -0.598 e. The topological polar surface area (TPSA) is 35.1 Å². The highest BCUT2D eigenvalue weighted by Crippen LogP contribution is 2.25. The molecule has 1 aromatic rings. The lowest BCUT2D eigenvalue weighted by atomic mass is 9.98. The molecule has 0 fully saturated rings. The maximum Gasteiger partial charge on any atom is 0.136 e. The van der Waals surface area contributed by atoms with Crippen molar-refractivity contribution in [2.45, 2.75) is 58.2 Å². The van der Waals surface area contributed by atoms with Gasteiger partial charge in [-0.2, -0.15) is 0 Å². The van der Waals surface area contributed by atoms with Gasteiger partial charge in [0.25, 0.3) is 0 Å². The summed E-state index contributed by atoms with van der Waals surface area (Å²) >= 11 is -1.03. The summed E-state index contributed by atoms with van der Waals surface area (Å²) in [6.45, 7) is 10.3. The molecule has 0 amide bonds. The lowest BCUT2D eigenvalue weighted by molar-refractivity contribution is 0.517. The molecule has 0 radical (unpaired) electrons. The summed E-state index contributed by atoms with van der Waals surface area (Å²) in [6, 6.07) is 8.58. The molecule has 0 saturated carbocycles. The third kappa shape index (κ3) is 4.01. The second-order valence-corrected chi connectivity index (χ2v) is 7.51. The Bertz CT molecular complexity index is 373. The van der Waals surface area contributed by atoms with Crippen molar-refractivity contribution in [2.75, 3.05) is 0 Å². The number of rotatable bonds is 5. The lowest BCUT2D eigenvalue weighted by Gasteiger charge is -2.28. The average Bonchev–Trinajstić information content (AvgIpc) is 2.34. The molecule has 2 atom stereocenters. The first kappa shape index (κ1) is 15.5. The molecule has 0 aliphatic carbocycles. The number of hydrogen-bond acceptors (Lipinski definition) is 2. The maximum absolute atomic E-state index is 12.2. The van der Waals surface area contributed by atoms with E-state index in [1.165, 1.54) is 11.1 Å². The van der Waals surface area contributed by atoms with E-state index in [1.54, 1.807) is 0 Å². The molecule has 3 heteroatoms. The Balaban J connectivity index is 2.90. The van der Waals surface area contributed by atoms with Crippen LogP contribution < -0.4 is 4.72 Å². The van der Waals surface area contributed by atoms with Crippen molar-refractivity contribution >= 4 is 11.4 Å². The van der Waals surface area contributed by atoms with Crippen LogP contribution in [-0.2, 0) is 17.8 Å². The molecule has 1 unspecified atom stereocenters. The number of hydrogen-bond donors (Lipinski definition) is 1. The Morgan fingerprint density at radius 2 is 1.83 bits per heavy atom. The molecule has 2 nitrogen and oxygen atoms in total. The second kappa shape index (κ2) is 6.60. The molecule has 102 valence electrons. The van der Waals surface area contributed by atoms with Crippen molar-refractivity contribution < 1.29 is 4.55 Å². The smallest absolute Gasteiger partial charge is 0.136 e. The van der Waals surface area contributed by atoms with Crippen LogP contribution in [0.5, 0.6) is 0 Å². The Morgan fingerprint density at radius 3 is 2.33 bits per heavy atom. The summed E-state index contributed by atoms with van der Waals surface area (Å²) < 4.78 is 15.2. The predicted octanol–water partition coefficient (Wildman–Crippen LogP) is 3.75. The van der Waals surface area contributed by atoms with E-state index in [-0.39, 0.29) is 10.8 Å². The van der Waals surface area contributed by atoms with Gasteiger partial charge in [-0.1, -0.05) is 38.1 Å². The van der Waals surface area contributed by atoms with Gasteiger partial charge < -0.3 is 4.55 Å². The van der Waals surface area contributed by atoms with Gasteiger partial charge in [-0.05, 0) is 44.7 Å². The van der Waals surface area contributed by atoms with E-state index in [1.807, 2.05) is 20.8 Å². The first-order valence-corrected chi connectivity index (χ1v) is 7.81. The molecule has 0 saturated heterocycles. The SMILES string of the molecule is CCc1ccccc1[C@H](CC)N[S+]([O-])C(C)(C)C. The molecule has 0 aromatic heterocycles. The number of benzene rings is 1. The van der Waals surface area contributed by atoms with Gasteiger partial charge in [-0.25, -0.2) is 0 Å². The predicted molar refractivity (Wildman–Crippen MR) is 79.9 cm³/mol. The first-order valence-electron chi connectivity index (χ1n) is 6.66. The molecule has 0 aliphatic heterocycles. The van der Waals surface area contributed by atoms with E-state index in [4.69, 9.17) is 0 Å². The summed E-state index contributed by atoms with van der Waals surface area (Å²) in [4.78, 5) is 0. The van der Waals surface area contributed by atoms with Gasteiger partial charge in [0.1, 0.15) is 4.75 Å². The quantitative estimate of drug-likeness (QED) is 0.825. The van der Waals surface area contributed by atoms with Gasteiger partial charge in [0.15, 0.2) is 0 Å². The summed E-state index contributed by atoms with van der Waals surface area (Å²) in [6.07, 6.45) is 1.95. The van der Waals surface area contributed by atoms with Crippen molar-refractivity contribution in [3.8, 4) is 0 Å². The van der Waals surface area contributed by atoms with E-state index in [9.17, 15) is 4.55 Å². The molecule has 1 rings (SSSR count). The minimum atomic E-state index is -1.03. The molecule has 18 heavy (non-hydrogen) atoms. The van der Waals surface area contributed by atoms with Crippen molar-refractivity contribution in [1.82, 2.24) is 4.72 Å². The number of aryl methyl sites for hydroxylation is 1. The van der Waals surface area contributed by atoms with E-state index in [0.29, 0.717) is 0 Å². The molecule has 0 heterocycles. The highest BCUT2D eigenvalue weighted by molar-refractivity contribution is 7.90. The van der Waals surface area contributed by atoms with Crippen LogP contribution in [0, 0.1) is 0 Å². The second-order valence-electron chi connectivity index (χ2n) is 5.51.